The number of aryl methyl sites for hydroxylation is 1. The molecule has 36 heavy (non-hydrogen) atoms. The highest BCUT2D eigenvalue weighted by Gasteiger charge is 2.19. The lowest BCUT2D eigenvalue weighted by molar-refractivity contribution is -0.139. The van der Waals surface area contributed by atoms with Crippen LogP contribution in [-0.2, 0) is 19.1 Å². The predicted octanol–water partition coefficient (Wildman–Crippen LogP) is 3.29. The maximum Gasteiger partial charge on any atom is 0.329 e. The number of nitrogens with one attached hydrogen (secondary N) is 3. The van der Waals surface area contributed by atoms with Crippen molar-refractivity contribution in [1.82, 2.24) is 10.7 Å². The molecule has 3 amide bonds. The number of carbonyl (C=O) groups excluding carboxylic acids is 3. The third-order valence-corrected chi connectivity index (χ3v) is 6.62. The van der Waals surface area contributed by atoms with Crippen molar-refractivity contribution >= 4 is 61.5 Å². The molecule has 1 aliphatic rings. The van der Waals surface area contributed by atoms with Gasteiger partial charge in [-0.15, -0.1) is 0 Å². The summed E-state index contributed by atoms with van der Waals surface area (Å²) in [4.78, 5) is 36.1. The fourth-order valence-electron chi connectivity index (χ4n) is 3.32. The largest absolute Gasteiger partial charge is 0.493 e. The number of hydrazone groups is 1. The van der Waals surface area contributed by atoms with Gasteiger partial charge in [0, 0.05) is 23.3 Å². The van der Waals surface area contributed by atoms with Gasteiger partial charge in [0.1, 0.15) is 0 Å². The van der Waals surface area contributed by atoms with Gasteiger partial charge in [0.25, 0.3) is 5.91 Å². The number of benzene rings is 2. The van der Waals surface area contributed by atoms with E-state index in [9.17, 15) is 14.4 Å². The number of nitrogens with zero attached hydrogens (tertiary/aromatic N) is 1. The molecular formula is C24H26Br2N4O6. The second-order valence-corrected chi connectivity index (χ2v) is 9.59. The minimum atomic E-state index is -0.887. The molecule has 1 heterocycles. The number of anilines is 1. The van der Waals surface area contributed by atoms with E-state index in [2.05, 4.69) is 53.0 Å². The van der Waals surface area contributed by atoms with Crippen molar-refractivity contribution in [3.05, 3.63) is 50.4 Å². The van der Waals surface area contributed by atoms with Gasteiger partial charge in [0.15, 0.2) is 18.1 Å². The highest BCUT2D eigenvalue weighted by atomic mass is 79.9. The summed E-state index contributed by atoms with van der Waals surface area (Å²) in [6, 6.07) is 8.77. The summed E-state index contributed by atoms with van der Waals surface area (Å²) in [5.41, 5.74) is 4.39. The zero-order valence-electron chi connectivity index (χ0n) is 19.7. The Hall–Kier alpha value is -2.96. The fourth-order valence-corrected chi connectivity index (χ4v) is 4.14. The van der Waals surface area contributed by atoms with E-state index in [0.717, 1.165) is 22.9 Å². The molecule has 0 bridgehead atoms. The van der Waals surface area contributed by atoms with Crippen LogP contribution in [0, 0.1) is 6.92 Å². The van der Waals surface area contributed by atoms with E-state index in [1.807, 2.05) is 19.1 Å². The Kier molecular flexibility index (Phi) is 10.3. The number of halogens is 2. The van der Waals surface area contributed by atoms with E-state index in [4.69, 9.17) is 14.2 Å². The van der Waals surface area contributed by atoms with E-state index < -0.39 is 11.8 Å². The van der Waals surface area contributed by atoms with E-state index in [-0.39, 0.29) is 25.2 Å². The van der Waals surface area contributed by atoms with Gasteiger partial charge in [-0.3, -0.25) is 14.4 Å². The molecule has 3 N–H and O–H groups in total. The summed E-state index contributed by atoms with van der Waals surface area (Å²) in [5, 5.41) is 9.12. The van der Waals surface area contributed by atoms with Gasteiger partial charge in [-0.05, 0) is 77.2 Å². The number of hydrogen-bond acceptors (Lipinski definition) is 7. The monoisotopic (exact) mass is 624 g/mol. The number of carbonyl (C=O) groups is 3. The van der Waals surface area contributed by atoms with Crippen molar-refractivity contribution in [1.29, 1.82) is 0 Å². The Morgan fingerprint density at radius 2 is 1.97 bits per heavy atom. The third kappa shape index (κ3) is 8.04. The fraction of sp³-hybridized carbons (Fsp3) is 0.333. The molecule has 12 heteroatoms. The molecule has 0 saturated carbocycles. The van der Waals surface area contributed by atoms with Crippen LogP contribution >= 0.6 is 31.9 Å². The SMILES string of the molecule is COc1cc(/C=N\NC(=O)C(=O)NC[C@@H]2CCCO2)cc(Br)c1OCC(=O)Nc1ccc(Br)c(C)c1. The van der Waals surface area contributed by atoms with Crippen LogP contribution in [0.5, 0.6) is 11.5 Å². The van der Waals surface area contributed by atoms with Gasteiger partial charge in [0.05, 0.1) is 23.9 Å². The molecular weight excluding hydrogens is 600 g/mol. The second-order valence-electron chi connectivity index (χ2n) is 7.88. The molecule has 10 nitrogen and oxygen atoms in total. The summed E-state index contributed by atoms with van der Waals surface area (Å²) < 4.78 is 17.9. The lowest BCUT2D eigenvalue weighted by Crippen LogP contribution is -2.41. The van der Waals surface area contributed by atoms with Crippen molar-refractivity contribution in [3.8, 4) is 11.5 Å². The van der Waals surface area contributed by atoms with Crippen molar-refractivity contribution in [2.75, 3.05) is 32.2 Å². The number of hydrogen-bond donors (Lipinski definition) is 3. The molecule has 0 spiro atoms. The first-order chi connectivity index (χ1) is 17.3. The lowest BCUT2D eigenvalue weighted by atomic mass is 10.2. The minimum Gasteiger partial charge on any atom is -0.493 e. The Balaban J connectivity index is 1.53. The van der Waals surface area contributed by atoms with Crippen LogP contribution in [0.25, 0.3) is 0 Å². The molecule has 1 atom stereocenters. The van der Waals surface area contributed by atoms with Crippen LogP contribution in [0.15, 0.2) is 44.4 Å². The quantitative estimate of drug-likeness (QED) is 0.223. The first kappa shape index (κ1) is 27.6. The van der Waals surface area contributed by atoms with Crippen molar-refractivity contribution < 1.29 is 28.6 Å². The lowest BCUT2D eigenvalue weighted by Gasteiger charge is -2.14. The number of methoxy groups -OCH3 is 1. The Morgan fingerprint density at radius 1 is 1.17 bits per heavy atom. The maximum absolute atomic E-state index is 12.3. The minimum absolute atomic E-state index is 0.0631. The number of ether oxygens (including phenoxy) is 3. The van der Waals surface area contributed by atoms with Gasteiger partial charge in [-0.1, -0.05) is 15.9 Å². The molecule has 1 fully saturated rings. The molecule has 1 aliphatic heterocycles. The molecule has 2 aromatic rings. The number of amides is 3. The van der Waals surface area contributed by atoms with Gasteiger partial charge >= 0.3 is 11.8 Å². The van der Waals surface area contributed by atoms with Crippen molar-refractivity contribution in [2.24, 2.45) is 5.10 Å². The van der Waals surface area contributed by atoms with Gasteiger partial charge in [-0.2, -0.15) is 5.10 Å². The molecule has 0 radical (unpaired) electrons. The van der Waals surface area contributed by atoms with Crippen LogP contribution in [-0.4, -0.2) is 56.9 Å². The highest BCUT2D eigenvalue weighted by Crippen LogP contribution is 2.36. The average Bonchev–Trinajstić information content (AvgIpc) is 3.37. The smallest absolute Gasteiger partial charge is 0.329 e. The standard InChI is InChI=1S/C24H26Br2N4O6/c1-14-8-16(5-6-18(14)25)29-21(31)13-36-22-19(26)9-15(10-20(22)34-2)11-28-30-24(33)23(32)27-12-17-4-3-7-35-17/h5-6,8-11,17H,3-4,7,12-13H2,1-2H3,(H,27,32)(H,29,31)(H,30,33)/b28-11-/t17-/m0/s1. The molecule has 0 aliphatic carbocycles. The second kappa shape index (κ2) is 13.4. The Labute approximate surface area is 225 Å². The van der Waals surface area contributed by atoms with Gasteiger partial charge in [0.2, 0.25) is 0 Å². The Morgan fingerprint density at radius 3 is 2.67 bits per heavy atom. The molecule has 3 rings (SSSR count). The zero-order valence-corrected chi connectivity index (χ0v) is 22.9. The molecule has 1 saturated heterocycles. The zero-order chi connectivity index (χ0) is 26.1. The summed E-state index contributed by atoms with van der Waals surface area (Å²) in [6.45, 7) is 2.63. The van der Waals surface area contributed by atoms with E-state index in [1.165, 1.54) is 13.3 Å². The topological polar surface area (TPSA) is 127 Å². The van der Waals surface area contributed by atoms with Crippen molar-refractivity contribution in [2.45, 2.75) is 25.9 Å². The first-order valence-electron chi connectivity index (χ1n) is 11.1. The molecule has 0 unspecified atom stereocenters. The maximum atomic E-state index is 12.3. The first-order valence-corrected chi connectivity index (χ1v) is 12.6. The number of rotatable bonds is 9. The average molecular weight is 626 g/mol. The van der Waals surface area contributed by atoms with E-state index >= 15 is 0 Å². The third-order valence-electron chi connectivity index (χ3n) is 5.14. The molecule has 2 aromatic carbocycles. The predicted molar refractivity (Wildman–Crippen MR) is 141 cm³/mol. The summed E-state index contributed by atoms with van der Waals surface area (Å²) in [6.07, 6.45) is 3.09. The molecule has 192 valence electrons. The summed E-state index contributed by atoms with van der Waals surface area (Å²) >= 11 is 6.83. The van der Waals surface area contributed by atoms with E-state index in [0.29, 0.717) is 33.8 Å². The normalized spacial score (nSPS) is 14.9. The highest BCUT2D eigenvalue weighted by molar-refractivity contribution is 9.10. The van der Waals surface area contributed by atoms with Crippen LogP contribution in [0.3, 0.4) is 0 Å². The summed E-state index contributed by atoms with van der Waals surface area (Å²) in [5.74, 6) is -1.34. The van der Waals surface area contributed by atoms with Crippen LogP contribution in [0.4, 0.5) is 5.69 Å². The molecule has 0 aromatic heterocycles. The Bertz CT molecular complexity index is 1150. The summed E-state index contributed by atoms with van der Waals surface area (Å²) in [7, 11) is 1.46. The van der Waals surface area contributed by atoms with Gasteiger partial charge in [-0.25, -0.2) is 5.43 Å². The van der Waals surface area contributed by atoms with Crippen molar-refractivity contribution in [3.63, 3.8) is 0 Å². The van der Waals surface area contributed by atoms with Crippen LogP contribution in [0.2, 0.25) is 0 Å². The van der Waals surface area contributed by atoms with Gasteiger partial charge < -0.3 is 24.8 Å². The van der Waals surface area contributed by atoms with Crippen LogP contribution < -0.4 is 25.5 Å². The van der Waals surface area contributed by atoms with Crippen LogP contribution in [0.1, 0.15) is 24.0 Å². The van der Waals surface area contributed by atoms with E-state index in [1.54, 1.807) is 18.2 Å².